The summed E-state index contributed by atoms with van der Waals surface area (Å²) in [6, 6.07) is 6.79. The molecule has 0 heterocycles. The van der Waals surface area contributed by atoms with Gasteiger partial charge in [-0.15, -0.1) is 0 Å². The van der Waals surface area contributed by atoms with E-state index in [9.17, 15) is 4.79 Å². The van der Waals surface area contributed by atoms with Gasteiger partial charge in [0, 0.05) is 0 Å². The van der Waals surface area contributed by atoms with Crippen molar-refractivity contribution in [2.75, 3.05) is 24.7 Å². The van der Waals surface area contributed by atoms with Crippen LogP contribution in [0.25, 0.3) is 0 Å². The van der Waals surface area contributed by atoms with Crippen LogP contribution in [0.5, 0.6) is 0 Å². The van der Waals surface area contributed by atoms with Crippen LogP contribution in [0, 0.1) is 11.3 Å². The summed E-state index contributed by atoms with van der Waals surface area (Å²) < 4.78 is 4.46. The summed E-state index contributed by atoms with van der Waals surface area (Å²) in [7, 11) is 1.30. The minimum atomic E-state index is -0.392. The summed E-state index contributed by atoms with van der Waals surface area (Å²) >= 11 is 0. The minimum Gasteiger partial charge on any atom is -0.468 e. The number of nitrogens with two attached hydrogens (primary N) is 1. The molecule has 0 aliphatic rings. The van der Waals surface area contributed by atoms with Gasteiger partial charge in [0.05, 0.1) is 30.1 Å². The molecule has 0 amide bonds. The molecule has 0 aromatic heterocycles. The number of benzene rings is 1. The second-order valence-corrected chi connectivity index (χ2v) is 2.84. The summed E-state index contributed by atoms with van der Waals surface area (Å²) in [6.07, 6.45) is 0. The molecule has 0 saturated carbocycles. The van der Waals surface area contributed by atoms with E-state index in [1.807, 2.05) is 6.07 Å². The van der Waals surface area contributed by atoms with Crippen molar-refractivity contribution in [3.8, 4) is 6.07 Å². The molecular weight excluding hydrogens is 194 g/mol. The van der Waals surface area contributed by atoms with Gasteiger partial charge in [-0.1, -0.05) is 0 Å². The predicted octanol–water partition coefficient (Wildman–Crippen LogP) is 0.725. The zero-order valence-electron chi connectivity index (χ0n) is 8.28. The van der Waals surface area contributed by atoms with E-state index in [1.54, 1.807) is 18.2 Å². The topological polar surface area (TPSA) is 88.1 Å². The first-order valence-corrected chi connectivity index (χ1v) is 4.27. The van der Waals surface area contributed by atoms with Gasteiger partial charge in [-0.2, -0.15) is 5.26 Å². The molecule has 1 rings (SSSR count). The number of rotatable bonds is 3. The van der Waals surface area contributed by atoms with Gasteiger partial charge in [-0.25, -0.2) is 0 Å². The van der Waals surface area contributed by atoms with Gasteiger partial charge in [-0.3, -0.25) is 4.79 Å². The van der Waals surface area contributed by atoms with E-state index in [2.05, 4.69) is 10.1 Å². The maximum atomic E-state index is 10.9. The van der Waals surface area contributed by atoms with Crippen molar-refractivity contribution in [3.63, 3.8) is 0 Å². The molecule has 0 aliphatic heterocycles. The lowest BCUT2D eigenvalue weighted by Crippen LogP contribution is -2.15. The molecule has 0 radical (unpaired) electrons. The zero-order valence-corrected chi connectivity index (χ0v) is 8.28. The fourth-order valence-corrected chi connectivity index (χ4v) is 1.02. The van der Waals surface area contributed by atoms with E-state index in [0.717, 1.165) is 0 Å². The Balaban J connectivity index is 2.76. The van der Waals surface area contributed by atoms with E-state index in [4.69, 9.17) is 11.0 Å². The third-order valence-electron chi connectivity index (χ3n) is 1.83. The van der Waals surface area contributed by atoms with Crippen LogP contribution in [0.4, 0.5) is 11.4 Å². The van der Waals surface area contributed by atoms with E-state index in [0.29, 0.717) is 16.9 Å². The van der Waals surface area contributed by atoms with Gasteiger partial charge < -0.3 is 15.8 Å². The predicted molar refractivity (Wildman–Crippen MR) is 56.1 cm³/mol. The molecule has 1 aromatic rings. The molecule has 0 saturated heterocycles. The molecule has 0 unspecified atom stereocenters. The second kappa shape index (κ2) is 4.86. The monoisotopic (exact) mass is 205 g/mol. The van der Waals surface area contributed by atoms with Crippen LogP contribution in [0.2, 0.25) is 0 Å². The number of hydrogen-bond acceptors (Lipinski definition) is 5. The number of nitrogens with one attached hydrogen (secondary N) is 1. The number of nitrogen functional groups attached to an aromatic ring is 1. The summed E-state index contributed by atoms with van der Waals surface area (Å²) in [5, 5.41) is 11.5. The number of nitrogens with zero attached hydrogens (tertiary/aromatic N) is 1. The maximum Gasteiger partial charge on any atom is 0.325 e. The number of carbonyl (C=O) groups excluding carboxylic acids is 1. The Bertz CT molecular complexity index is 410. The van der Waals surface area contributed by atoms with Gasteiger partial charge in [0.2, 0.25) is 0 Å². The van der Waals surface area contributed by atoms with E-state index < -0.39 is 5.97 Å². The molecule has 0 spiro atoms. The number of hydrogen-bond donors (Lipinski definition) is 2. The van der Waals surface area contributed by atoms with Gasteiger partial charge >= 0.3 is 5.97 Å². The number of nitriles is 1. The molecule has 78 valence electrons. The van der Waals surface area contributed by atoms with Crippen LogP contribution in [0.1, 0.15) is 5.56 Å². The minimum absolute atomic E-state index is 0.0234. The number of methoxy groups -OCH3 is 1. The molecule has 0 fully saturated rings. The Morgan fingerprint density at radius 3 is 3.00 bits per heavy atom. The van der Waals surface area contributed by atoms with Crippen LogP contribution in [-0.2, 0) is 9.53 Å². The SMILES string of the molecule is COC(=O)CNc1cc(C#N)ccc1N. The molecular formula is C10H11N3O2. The number of ether oxygens (including phenoxy) is 1. The van der Waals surface area contributed by atoms with Gasteiger partial charge in [0.25, 0.3) is 0 Å². The highest BCUT2D eigenvalue weighted by molar-refractivity contribution is 5.78. The summed E-state index contributed by atoms with van der Waals surface area (Å²) in [5.41, 5.74) is 7.17. The molecule has 0 atom stereocenters. The normalized spacial score (nSPS) is 9.07. The average Bonchev–Trinajstić information content (AvgIpc) is 2.27. The molecule has 5 nitrogen and oxygen atoms in total. The molecule has 0 aliphatic carbocycles. The lowest BCUT2D eigenvalue weighted by molar-refractivity contribution is -0.138. The molecule has 15 heavy (non-hydrogen) atoms. The third kappa shape index (κ3) is 2.88. The number of anilines is 2. The van der Waals surface area contributed by atoms with Crippen molar-refractivity contribution in [1.82, 2.24) is 0 Å². The summed E-state index contributed by atoms with van der Waals surface area (Å²) in [4.78, 5) is 10.9. The van der Waals surface area contributed by atoms with Crippen molar-refractivity contribution < 1.29 is 9.53 Å². The standard InChI is InChI=1S/C10H11N3O2/c1-15-10(14)6-13-9-4-7(5-11)2-3-8(9)12/h2-4,13H,6,12H2,1H3. The molecule has 3 N–H and O–H groups in total. The van der Waals surface area contributed by atoms with Gasteiger partial charge in [-0.05, 0) is 18.2 Å². The summed E-state index contributed by atoms with van der Waals surface area (Å²) in [5.74, 6) is -0.392. The van der Waals surface area contributed by atoms with E-state index in [1.165, 1.54) is 7.11 Å². The highest BCUT2D eigenvalue weighted by Crippen LogP contribution is 2.19. The van der Waals surface area contributed by atoms with Crippen LogP contribution >= 0.6 is 0 Å². The highest BCUT2D eigenvalue weighted by Gasteiger charge is 2.03. The lowest BCUT2D eigenvalue weighted by atomic mass is 10.2. The van der Waals surface area contributed by atoms with Crippen molar-refractivity contribution in [2.45, 2.75) is 0 Å². The Hall–Kier alpha value is -2.22. The first-order chi connectivity index (χ1) is 7.17. The average molecular weight is 205 g/mol. The smallest absolute Gasteiger partial charge is 0.325 e. The molecule has 1 aromatic carbocycles. The summed E-state index contributed by atoms with van der Waals surface area (Å²) in [6.45, 7) is 0.0234. The Morgan fingerprint density at radius 1 is 1.67 bits per heavy atom. The fourth-order valence-electron chi connectivity index (χ4n) is 1.02. The van der Waals surface area contributed by atoms with Crippen LogP contribution < -0.4 is 11.1 Å². The maximum absolute atomic E-state index is 10.9. The van der Waals surface area contributed by atoms with Crippen LogP contribution in [-0.4, -0.2) is 19.6 Å². The van der Waals surface area contributed by atoms with Crippen LogP contribution in [0.15, 0.2) is 18.2 Å². The van der Waals surface area contributed by atoms with Crippen molar-refractivity contribution in [2.24, 2.45) is 0 Å². The Labute approximate surface area is 87.4 Å². The molecule has 0 bridgehead atoms. The van der Waals surface area contributed by atoms with Crippen molar-refractivity contribution >= 4 is 17.3 Å². The van der Waals surface area contributed by atoms with Gasteiger partial charge in [0.15, 0.2) is 0 Å². The molecule has 5 heteroatoms. The van der Waals surface area contributed by atoms with Crippen molar-refractivity contribution in [1.29, 1.82) is 5.26 Å². The highest BCUT2D eigenvalue weighted by atomic mass is 16.5. The first-order valence-electron chi connectivity index (χ1n) is 4.27. The van der Waals surface area contributed by atoms with E-state index in [-0.39, 0.29) is 6.54 Å². The van der Waals surface area contributed by atoms with Crippen molar-refractivity contribution in [3.05, 3.63) is 23.8 Å². The zero-order chi connectivity index (χ0) is 11.3. The first kappa shape index (κ1) is 10.9. The second-order valence-electron chi connectivity index (χ2n) is 2.84. The Kier molecular flexibility index (Phi) is 3.52. The number of esters is 1. The largest absolute Gasteiger partial charge is 0.468 e. The quantitative estimate of drug-likeness (QED) is 0.560. The Morgan fingerprint density at radius 2 is 2.40 bits per heavy atom. The fraction of sp³-hybridized carbons (Fsp3) is 0.200. The lowest BCUT2D eigenvalue weighted by Gasteiger charge is -2.07. The van der Waals surface area contributed by atoms with E-state index >= 15 is 0 Å². The number of carbonyl (C=O) groups is 1. The van der Waals surface area contributed by atoms with Crippen LogP contribution in [0.3, 0.4) is 0 Å². The van der Waals surface area contributed by atoms with Gasteiger partial charge in [0.1, 0.15) is 6.54 Å². The third-order valence-corrected chi connectivity index (χ3v) is 1.83.